The van der Waals surface area contributed by atoms with Crippen molar-refractivity contribution >= 4 is 37.4 Å². The first-order chi connectivity index (χ1) is 9.24. The van der Waals surface area contributed by atoms with E-state index in [1.807, 2.05) is 11.0 Å². The Morgan fingerprint density at radius 1 is 1.35 bits per heavy atom. The SMILES string of the molecule is CC(C)(ONS(=O)(=O)c1csc2ccccc12)C(=O)O. The molecule has 8 heteroatoms. The Kier molecular flexibility index (Phi) is 3.83. The molecule has 1 aromatic heterocycles. The first-order valence-corrected chi connectivity index (χ1v) is 8.00. The Bertz CT molecular complexity index is 748. The smallest absolute Gasteiger partial charge is 0.337 e. The predicted octanol–water partition coefficient (Wildman–Crippen LogP) is 1.97. The summed E-state index contributed by atoms with van der Waals surface area (Å²) in [5.74, 6) is -1.27. The molecule has 0 bridgehead atoms. The first kappa shape index (κ1) is 14.9. The largest absolute Gasteiger partial charge is 0.479 e. The number of aliphatic carboxylic acids is 1. The van der Waals surface area contributed by atoms with Gasteiger partial charge >= 0.3 is 5.97 Å². The Morgan fingerprint density at radius 3 is 2.65 bits per heavy atom. The van der Waals surface area contributed by atoms with Crippen LogP contribution in [0.4, 0.5) is 0 Å². The third kappa shape index (κ3) is 2.83. The van der Waals surface area contributed by atoms with Crippen molar-refractivity contribution in [3.63, 3.8) is 0 Å². The molecule has 1 aromatic carbocycles. The molecule has 0 radical (unpaired) electrons. The van der Waals surface area contributed by atoms with Gasteiger partial charge in [0.2, 0.25) is 0 Å². The van der Waals surface area contributed by atoms with E-state index in [4.69, 9.17) is 9.94 Å². The lowest BCUT2D eigenvalue weighted by Crippen LogP contribution is -2.41. The van der Waals surface area contributed by atoms with Crippen molar-refractivity contribution in [1.29, 1.82) is 0 Å². The molecular formula is C12H13NO5S2. The van der Waals surface area contributed by atoms with Gasteiger partial charge in [0.25, 0.3) is 10.0 Å². The third-order valence-electron chi connectivity index (χ3n) is 2.66. The Morgan fingerprint density at radius 2 is 2.00 bits per heavy atom. The molecule has 0 saturated heterocycles. The van der Waals surface area contributed by atoms with Crippen LogP contribution in [0, 0.1) is 0 Å². The van der Waals surface area contributed by atoms with Gasteiger partial charge in [-0.3, -0.25) is 4.84 Å². The van der Waals surface area contributed by atoms with Gasteiger partial charge in [-0.15, -0.1) is 11.3 Å². The number of carboxylic acids is 1. The Hall–Kier alpha value is -1.48. The second-order valence-electron chi connectivity index (χ2n) is 4.60. The normalized spacial score (nSPS) is 12.7. The molecular weight excluding hydrogens is 302 g/mol. The van der Waals surface area contributed by atoms with E-state index in [0.717, 1.165) is 4.70 Å². The van der Waals surface area contributed by atoms with E-state index in [0.29, 0.717) is 5.39 Å². The molecule has 0 aliphatic carbocycles. The molecule has 0 spiro atoms. The standard InChI is InChI=1S/C12H13NO5S2/c1-12(2,11(14)15)18-13-20(16,17)10-7-19-9-6-4-3-5-8(9)10/h3-7,13H,1-2H3,(H,14,15). The van der Waals surface area contributed by atoms with Crippen molar-refractivity contribution < 1.29 is 23.2 Å². The van der Waals surface area contributed by atoms with Crippen LogP contribution in [-0.4, -0.2) is 25.1 Å². The van der Waals surface area contributed by atoms with Gasteiger partial charge in [-0.1, -0.05) is 23.1 Å². The summed E-state index contributed by atoms with van der Waals surface area (Å²) < 4.78 is 25.1. The van der Waals surface area contributed by atoms with Crippen molar-refractivity contribution in [1.82, 2.24) is 4.89 Å². The Balaban J connectivity index is 2.30. The zero-order valence-electron chi connectivity index (χ0n) is 10.8. The number of benzene rings is 1. The second kappa shape index (κ2) is 5.13. The van der Waals surface area contributed by atoms with E-state index in [1.165, 1.54) is 30.6 Å². The van der Waals surface area contributed by atoms with E-state index < -0.39 is 21.6 Å². The highest BCUT2D eigenvalue weighted by atomic mass is 32.2. The molecule has 0 aliphatic heterocycles. The van der Waals surface area contributed by atoms with Gasteiger partial charge in [-0.05, 0) is 19.9 Å². The van der Waals surface area contributed by atoms with Gasteiger partial charge in [0.1, 0.15) is 4.90 Å². The minimum Gasteiger partial charge on any atom is -0.479 e. The van der Waals surface area contributed by atoms with Gasteiger partial charge in [0.05, 0.1) is 0 Å². The van der Waals surface area contributed by atoms with Crippen molar-refractivity contribution in [2.75, 3.05) is 0 Å². The van der Waals surface area contributed by atoms with E-state index in [-0.39, 0.29) is 4.90 Å². The summed E-state index contributed by atoms with van der Waals surface area (Å²) in [6, 6.07) is 7.03. The summed E-state index contributed by atoms with van der Waals surface area (Å²) in [5, 5.41) is 10.9. The number of sulfonamides is 1. The molecule has 0 saturated carbocycles. The highest BCUT2D eigenvalue weighted by Crippen LogP contribution is 2.29. The lowest BCUT2D eigenvalue weighted by molar-refractivity contribution is -0.165. The molecule has 0 unspecified atom stereocenters. The number of fused-ring (bicyclic) bond motifs is 1. The summed E-state index contributed by atoms with van der Waals surface area (Å²) in [4.78, 5) is 17.6. The number of hydrogen-bond donors (Lipinski definition) is 2. The van der Waals surface area contributed by atoms with Crippen LogP contribution >= 0.6 is 11.3 Å². The molecule has 2 N–H and O–H groups in total. The molecule has 0 aliphatic rings. The quantitative estimate of drug-likeness (QED) is 0.823. The highest BCUT2D eigenvalue weighted by molar-refractivity contribution is 7.89. The van der Waals surface area contributed by atoms with E-state index >= 15 is 0 Å². The lowest BCUT2D eigenvalue weighted by Gasteiger charge is -2.19. The fraction of sp³-hybridized carbons (Fsp3) is 0.250. The molecule has 108 valence electrons. The van der Waals surface area contributed by atoms with Gasteiger partial charge in [-0.25, -0.2) is 13.2 Å². The zero-order chi connectivity index (χ0) is 15.0. The van der Waals surface area contributed by atoms with Crippen molar-refractivity contribution in [3.05, 3.63) is 29.6 Å². The average Bonchev–Trinajstić information content (AvgIpc) is 2.81. The molecule has 20 heavy (non-hydrogen) atoms. The number of thiophene rings is 1. The summed E-state index contributed by atoms with van der Waals surface area (Å²) in [5.41, 5.74) is -1.65. The number of hydrogen-bond acceptors (Lipinski definition) is 5. The van der Waals surface area contributed by atoms with Gasteiger partial charge < -0.3 is 5.11 Å². The predicted molar refractivity (Wildman–Crippen MR) is 74.9 cm³/mol. The molecule has 0 fully saturated rings. The fourth-order valence-corrected chi connectivity index (χ4v) is 3.82. The summed E-state index contributed by atoms with van der Waals surface area (Å²) in [6.07, 6.45) is 0. The number of nitrogens with one attached hydrogen (secondary N) is 1. The van der Waals surface area contributed by atoms with Crippen LogP contribution in [0.5, 0.6) is 0 Å². The van der Waals surface area contributed by atoms with Crippen LogP contribution in [-0.2, 0) is 19.7 Å². The topological polar surface area (TPSA) is 92.7 Å². The average molecular weight is 315 g/mol. The van der Waals surface area contributed by atoms with Crippen molar-refractivity contribution in [3.8, 4) is 0 Å². The summed E-state index contributed by atoms with van der Waals surface area (Å²) >= 11 is 1.29. The van der Waals surface area contributed by atoms with Crippen molar-refractivity contribution in [2.24, 2.45) is 0 Å². The van der Waals surface area contributed by atoms with Gasteiger partial charge in [0, 0.05) is 15.5 Å². The van der Waals surface area contributed by atoms with Crippen LogP contribution in [0.1, 0.15) is 13.8 Å². The number of carboxylic acid groups (broad SMARTS) is 1. The fourth-order valence-electron chi connectivity index (χ4n) is 1.41. The van der Waals surface area contributed by atoms with Gasteiger partial charge in [-0.2, -0.15) is 0 Å². The maximum Gasteiger partial charge on any atom is 0.337 e. The van der Waals surface area contributed by atoms with Gasteiger partial charge in [0.15, 0.2) is 5.60 Å². The molecule has 6 nitrogen and oxygen atoms in total. The second-order valence-corrected chi connectivity index (χ2v) is 7.13. The minimum absolute atomic E-state index is 0.0688. The molecule has 1 heterocycles. The Labute approximate surface area is 120 Å². The van der Waals surface area contributed by atoms with Crippen LogP contribution in [0.25, 0.3) is 10.1 Å². The maximum absolute atomic E-state index is 12.2. The lowest BCUT2D eigenvalue weighted by atomic mass is 10.1. The molecule has 2 aromatic rings. The highest BCUT2D eigenvalue weighted by Gasteiger charge is 2.31. The van der Waals surface area contributed by atoms with Crippen LogP contribution < -0.4 is 4.89 Å². The monoisotopic (exact) mass is 315 g/mol. The van der Waals surface area contributed by atoms with E-state index in [9.17, 15) is 13.2 Å². The third-order valence-corrected chi connectivity index (χ3v) is 4.99. The molecule has 2 rings (SSSR count). The van der Waals surface area contributed by atoms with Crippen LogP contribution in [0.2, 0.25) is 0 Å². The van der Waals surface area contributed by atoms with Crippen molar-refractivity contribution in [2.45, 2.75) is 24.3 Å². The van der Waals surface area contributed by atoms with E-state index in [2.05, 4.69) is 0 Å². The molecule has 0 atom stereocenters. The zero-order valence-corrected chi connectivity index (χ0v) is 12.4. The summed E-state index contributed by atoms with van der Waals surface area (Å²) in [6.45, 7) is 2.51. The minimum atomic E-state index is -3.94. The van der Waals surface area contributed by atoms with Crippen LogP contribution in [0.15, 0.2) is 34.5 Å². The maximum atomic E-state index is 12.2. The summed E-state index contributed by atoms with van der Waals surface area (Å²) in [7, 11) is -3.94. The van der Waals surface area contributed by atoms with Crippen LogP contribution in [0.3, 0.4) is 0 Å². The first-order valence-electron chi connectivity index (χ1n) is 5.63. The van der Waals surface area contributed by atoms with E-state index in [1.54, 1.807) is 18.2 Å². The molecule has 0 amide bonds. The number of rotatable bonds is 5. The number of carbonyl (C=O) groups is 1.